The minimum atomic E-state index is -3.90. The lowest BCUT2D eigenvalue weighted by molar-refractivity contribution is 0.307. The van der Waals surface area contributed by atoms with E-state index in [2.05, 4.69) is 14.9 Å². The number of hydrogen-bond acceptors (Lipinski definition) is 6. The summed E-state index contributed by atoms with van der Waals surface area (Å²) in [5.74, 6) is -0.967. The predicted octanol–water partition coefficient (Wildman–Crippen LogP) is 2.79. The van der Waals surface area contributed by atoms with E-state index in [1.807, 2.05) is 0 Å². The zero-order valence-electron chi connectivity index (χ0n) is 15.3. The van der Waals surface area contributed by atoms with Gasteiger partial charge in [-0.15, -0.1) is 10.2 Å². The second-order valence-corrected chi connectivity index (χ2v) is 7.57. The summed E-state index contributed by atoms with van der Waals surface area (Å²) in [6.45, 7) is -0.0696. The zero-order chi connectivity index (χ0) is 20.9. The molecule has 0 bridgehead atoms. The van der Waals surface area contributed by atoms with Gasteiger partial charge in [-0.3, -0.25) is 0 Å². The number of benzene rings is 2. The number of nitrogens with zero attached hydrogens (tertiary/aromatic N) is 2. The highest BCUT2D eigenvalue weighted by molar-refractivity contribution is 7.89. The van der Waals surface area contributed by atoms with Crippen molar-refractivity contribution in [2.24, 2.45) is 0 Å². The van der Waals surface area contributed by atoms with Gasteiger partial charge in [0.25, 0.3) is 0 Å². The molecule has 0 atom stereocenters. The molecule has 10 heteroatoms. The molecule has 3 aromatic rings. The Hall–Kier alpha value is -3.11. The zero-order valence-corrected chi connectivity index (χ0v) is 16.1. The number of sulfonamides is 1. The molecule has 0 radical (unpaired) electrons. The average molecular weight is 421 g/mol. The van der Waals surface area contributed by atoms with Gasteiger partial charge in [0.2, 0.25) is 15.9 Å². The number of ether oxygens (including phenoxy) is 2. The van der Waals surface area contributed by atoms with E-state index in [1.54, 1.807) is 24.3 Å². The van der Waals surface area contributed by atoms with Gasteiger partial charge in [0.15, 0.2) is 11.6 Å². The maximum atomic E-state index is 13.7. The smallest absolute Gasteiger partial charge is 0.240 e. The fourth-order valence-corrected chi connectivity index (χ4v) is 3.43. The minimum Gasteiger partial charge on any atom is -0.494 e. The molecule has 3 rings (SSSR count). The van der Waals surface area contributed by atoms with Crippen LogP contribution in [0.2, 0.25) is 0 Å². The lowest BCUT2D eigenvalue weighted by Gasteiger charge is -2.09. The second-order valence-electron chi connectivity index (χ2n) is 5.81. The number of halogens is 2. The van der Waals surface area contributed by atoms with Crippen molar-refractivity contribution in [2.45, 2.75) is 4.90 Å². The molecule has 0 unspecified atom stereocenters. The molecular formula is C19H17F2N3O4S. The predicted molar refractivity (Wildman–Crippen MR) is 101 cm³/mol. The fourth-order valence-electron chi connectivity index (χ4n) is 2.40. The standard InChI is InChI=1S/C19H17F2N3O4S/c1-27-18-8-6-15(12-16(18)21)29(25,26)22-10-11-28-19-9-7-17(23-24-19)13-2-4-14(20)5-3-13/h2-9,12,22H,10-11H2,1H3. The van der Waals surface area contributed by atoms with Crippen LogP contribution in [0.3, 0.4) is 0 Å². The first-order chi connectivity index (χ1) is 13.9. The molecule has 0 amide bonds. The van der Waals surface area contributed by atoms with Crippen molar-refractivity contribution < 1.29 is 26.7 Å². The maximum Gasteiger partial charge on any atom is 0.240 e. The normalized spacial score (nSPS) is 11.3. The molecule has 2 aromatic carbocycles. The monoisotopic (exact) mass is 421 g/mol. The Bertz CT molecular complexity index is 1080. The van der Waals surface area contributed by atoms with Gasteiger partial charge < -0.3 is 9.47 Å². The van der Waals surface area contributed by atoms with Gasteiger partial charge in [-0.25, -0.2) is 21.9 Å². The summed E-state index contributed by atoms with van der Waals surface area (Å²) in [6, 6.07) is 12.4. The van der Waals surface area contributed by atoms with Crippen LogP contribution in [0.15, 0.2) is 59.5 Å². The van der Waals surface area contributed by atoms with Crippen molar-refractivity contribution in [3.05, 3.63) is 66.2 Å². The molecule has 7 nitrogen and oxygen atoms in total. The van der Waals surface area contributed by atoms with Crippen LogP contribution in [0, 0.1) is 11.6 Å². The van der Waals surface area contributed by atoms with Gasteiger partial charge in [0.05, 0.1) is 17.7 Å². The van der Waals surface area contributed by atoms with Gasteiger partial charge in [0.1, 0.15) is 12.4 Å². The van der Waals surface area contributed by atoms with Gasteiger partial charge in [0, 0.05) is 18.2 Å². The van der Waals surface area contributed by atoms with E-state index in [4.69, 9.17) is 9.47 Å². The van der Waals surface area contributed by atoms with E-state index in [1.165, 1.54) is 31.4 Å². The first kappa shape index (κ1) is 20.6. The number of methoxy groups -OCH3 is 1. The molecule has 1 aromatic heterocycles. The quantitative estimate of drug-likeness (QED) is 0.563. The highest BCUT2D eigenvalue weighted by atomic mass is 32.2. The number of hydrogen-bond donors (Lipinski definition) is 1. The Kier molecular flexibility index (Phi) is 6.35. The van der Waals surface area contributed by atoms with Crippen LogP contribution in [0.1, 0.15) is 0 Å². The van der Waals surface area contributed by atoms with Crippen LogP contribution in [-0.2, 0) is 10.0 Å². The van der Waals surface area contributed by atoms with Crippen molar-refractivity contribution in [1.29, 1.82) is 0 Å². The number of nitrogens with one attached hydrogen (secondary N) is 1. The summed E-state index contributed by atoms with van der Waals surface area (Å²) < 4.78 is 63.5. The van der Waals surface area contributed by atoms with Gasteiger partial charge in [-0.1, -0.05) is 0 Å². The highest BCUT2D eigenvalue weighted by Gasteiger charge is 2.16. The van der Waals surface area contributed by atoms with Crippen molar-refractivity contribution in [1.82, 2.24) is 14.9 Å². The van der Waals surface area contributed by atoms with Crippen LogP contribution in [0.5, 0.6) is 11.6 Å². The number of aromatic nitrogens is 2. The van der Waals surface area contributed by atoms with Crippen LogP contribution in [0.25, 0.3) is 11.3 Å². The summed E-state index contributed by atoms with van der Waals surface area (Å²) in [5, 5.41) is 7.88. The van der Waals surface area contributed by atoms with E-state index < -0.39 is 15.8 Å². The van der Waals surface area contributed by atoms with Crippen molar-refractivity contribution >= 4 is 10.0 Å². The molecule has 0 aliphatic carbocycles. The summed E-state index contributed by atoms with van der Waals surface area (Å²) in [7, 11) is -2.61. The molecule has 152 valence electrons. The molecular weight excluding hydrogens is 404 g/mol. The fraction of sp³-hybridized carbons (Fsp3) is 0.158. The van der Waals surface area contributed by atoms with E-state index in [0.717, 1.165) is 6.07 Å². The second kappa shape index (κ2) is 8.93. The van der Waals surface area contributed by atoms with Crippen LogP contribution in [0.4, 0.5) is 8.78 Å². The van der Waals surface area contributed by atoms with E-state index >= 15 is 0 Å². The van der Waals surface area contributed by atoms with Crippen molar-refractivity contribution in [2.75, 3.05) is 20.3 Å². The molecule has 0 fully saturated rings. The lowest BCUT2D eigenvalue weighted by atomic mass is 10.1. The first-order valence-electron chi connectivity index (χ1n) is 8.45. The van der Waals surface area contributed by atoms with Crippen LogP contribution in [-0.4, -0.2) is 38.9 Å². The third kappa shape index (κ3) is 5.24. The van der Waals surface area contributed by atoms with Crippen LogP contribution < -0.4 is 14.2 Å². The van der Waals surface area contributed by atoms with Crippen molar-refractivity contribution in [3.63, 3.8) is 0 Å². The molecule has 0 aliphatic heterocycles. The largest absolute Gasteiger partial charge is 0.494 e. The van der Waals surface area contributed by atoms with E-state index in [-0.39, 0.29) is 35.5 Å². The summed E-state index contributed by atoms with van der Waals surface area (Å²) in [6.07, 6.45) is 0. The molecule has 29 heavy (non-hydrogen) atoms. The van der Waals surface area contributed by atoms with Crippen molar-refractivity contribution in [3.8, 4) is 22.9 Å². The molecule has 0 saturated carbocycles. The summed E-state index contributed by atoms with van der Waals surface area (Å²) in [5.41, 5.74) is 1.24. The molecule has 0 saturated heterocycles. The summed E-state index contributed by atoms with van der Waals surface area (Å²) in [4.78, 5) is -0.223. The van der Waals surface area contributed by atoms with Crippen LogP contribution >= 0.6 is 0 Å². The Morgan fingerprint density at radius 1 is 1.00 bits per heavy atom. The van der Waals surface area contributed by atoms with Gasteiger partial charge >= 0.3 is 0 Å². The Morgan fingerprint density at radius 3 is 2.38 bits per heavy atom. The molecule has 0 spiro atoms. The van der Waals surface area contributed by atoms with E-state index in [9.17, 15) is 17.2 Å². The Morgan fingerprint density at radius 2 is 1.76 bits per heavy atom. The lowest BCUT2D eigenvalue weighted by Crippen LogP contribution is -2.28. The topological polar surface area (TPSA) is 90.4 Å². The minimum absolute atomic E-state index is 0.0115. The maximum absolute atomic E-state index is 13.7. The SMILES string of the molecule is COc1ccc(S(=O)(=O)NCCOc2ccc(-c3ccc(F)cc3)nn2)cc1F. The first-order valence-corrected chi connectivity index (χ1v) is 9.93. The number of rotatable bonds is 8. The molecule has 0 aliphatic rings. The van der Waals surface area contributed by atoms with Gasteiger partial charge in [-0.05, 0) is 48.5 Å². The van der Waals surface area contributed by atoms with E-state index in [0.29, 0.717) is 11.3 Å². The molecule has 1 heterocycles. The average Bonchev–Trinajstić information content (AvgIpc) is 2.72. The Labute approximate surface area is 166 Å². The summed E-state index contributed by atoms with van der Waals surface area (Å²) >= 11 is 0. The third-order valence-electron chi connectivity index (χ3n) is 3.86. The highest BCUT2D eigenvalue weighted by Crippen LogP contribution is 2.20. The van der Waals surface area contributed by atoms with Gasteiger partial charge in [-0.2, -0.15) is 0 Å². The molecule has 1 N–H and O–H groups in total. The Balaban J connectivity index is 1.53. The third-order valence-corrected chi connectivity index (χ3v) is 5.32.